The lowest BCUT2D eigenvalue weighted by atomic mass is 10.0. The summed E-state index contributed by atoms with van der Waals surface area (Å²) in [7, 11) is 0. The number of halogens is 3. The predicted molar refractivity (Wildman–Crippen MR) is 141 cm³/mol. The average Bonchev–Trinajstić information content (AvgIpc) is 2.86. The van der Waals surface area contributed by atoms with E-state index in [4.69, 9.17) is 0 Å². The molecule has 3 N–H and O–H groups in total. The van der Waals surface area contributed by atoms with E-state index >= 15 is 0 Å². The van der Waals surface area contributed by atoms with Crippen LogP contribution in [0.3, 0.4) is 0 Å². The van der Waals surface area contributed by atoms with Gasteiger partial charge in [-0.15, -0.1) is 0 Å². The third-order valence-corrected chi connectivity index (χ3v) is 5.78. The van der Waals surface area contributed by atoms with Crippen molar-refractivity contribution in [2.24, 2.45) is 0 Å². The van der Waals surface area contributed by atoms with Crippen molar-refractivity contribution in [3.8, 4) is 11.1 Å². The van der Waals surface area contributed by atoms with Crippen LogP contribution < -0.4 is 10.6 Å². The number of amides is 2. The number of hydrogen-bond acceptors (Lipinski definition) is 4. The van der Waals surface area contributed by atoms with Gasteiger partial charge in [-0.1, -0.05) is 54.6 Å². The molecule has 10 heteroatoms. The fraction of sp³-hybridized carbons (Fsp3) is 0.179. The van der Waals surface area contributed by atoms with Crippen LogP contribution in [-0.4, -0.2) is 33.7 Å². The number of thiol groups is 1. The van der Waals surface area contributed by atoms with E-state index in [1.165, 1.54) is 19.9 Å². The predicted octanol–water partition coefficient (Wildman–Crippen LogP) is 5.42. The minimum Gasteiger partial charge on any atom is -0.480 e. The molecular formula is C28H25F3N2O4S. The van der Waals surface area contributed by atoms with Crippen LogP contribution in [0.15, 0.2) is 84.6 Å². The molecule has 3 aromatic carbocycles. The molecule has 38 heavy (non-hydrogen) atoms. The molecule has 0 spiro atoms. The van der Waals surface area contributed by atoms with Gasteiger partial charge in [0.2, 0.25) is 0 Å². The number of benzene rings is 3. The first kappa shape index (κ1) is 28.5. The second-order valence-electron chi connectivity index (χ2n) is 8.97. The van der Waals surface area contributed by atoms with Gasteiger partial charge < -0.3 is 15.7 Å². The molecule has 3 rings (SSSR count). The molecule has 0 saturated heterocycles. The van der Waals surface area contributed by atoms with Crippen molar-refractivity contribution in [2.75, 3.05) is 0 Å². The zero-order chi connectivity index (χ0) is 28.1. The molecule has 0 aliphatic carbocycles. The van der Waals surface area contributed by atoms with Crippen molar-refractivity contribution in [1.82, 2.24) is 10.6 Å². The number of rotatable bonds is 8. The number of carboxylic acid groups (broad SMARTS) is 1. The number of nitrogens with one attached hydrogen (secondary N) is 2. The molecular weight excluding hydrogens is 517 g/mol. The number of carbonyl (C=O) groups is 3. The van der Waals surface area contributed by atoms with E-state index in [9.17, 15) is 32.7 Å². The van der Waals surface area contributed by atoms with Gasteiger partial charge >= 0.3 is 12.1 Å². The average molecular weight is 543 g/mol. The molecule has 1 unspecified atom stereocenters. The van der Waals surface area contributed by atoms with Crippen LogP contribution in [0, 0.1) is 0 Å². The Bertz CT molecular complexity index is 1330. The Balaban J connectivity index is 1.93. The summed E-state index contributed by atoms with van der Waals surface area (Å²) in [6.45, 7) is 3.00. The number of aliphatic carboxylic acids is 1. The molecule has 3 aromatic rings. The topological polar surface area (TPSA) is 95.5 Å². The Hall–Kier alpha value is -4.05. The van der Waals surface area contributed by atoms with Crippen molar-refractivity contribution in [3.63, 3.8) is 0 Å². The minimum atomic E-state index is -4.57. The van der Waals surface area contributed by atoms with Crippen molar-refractivity contribution >= 4 is 36.5 Å². The highest BCUT2D eigenvalue weighted by Crippen LogP contribution is 2.29. The summed E-state index contributed by atoms with van der Waals surface area (Å²) in [5.41, 5.74) is 1.04. The van der Waals surface area contributed by atoms with Gasteiger partial charge in [-0.25, -0.2) is 4.79 Å². The third-order valence-electron chi connectivity index (χ3n) is 5.52. The summed E-state index contributed by atoms with van der Waals surface area (Å²) in [6.07, 6.45) is -3.23. The van der Waals surface area contributed by atoms with Gasteiger partial charge in [-0.2, -0.15) is 25.8 Å². The van der Waals surface area contributed by atoms with Gasteiger partial charge in [-0.3, -0.25) is 9.59 Å². The standard InChI is InChI=1S/C28H25F3N2O4S/c1-27(2,38)23(26(36)37)33-25(35)22(32-24(34)20-12-14-21(15-13-20)28(29,30)31)16-17-8-10-19(11-9-17)18-6-4-3-5-7-18/h3-16,23,38H,1-2H3,(H,32,34)(H,33,35)(H,36,37)/b22-16+. The van der Waals surface area contributed by atoms with Crippen LogP contribution in [0.25, 0.3) is 17.2 Å². The molecule has 0 fully saturated rings. The normalized spacial score (nSPS) is 12.9. The van der Waals surface area contributed by atoms with Crippen molar-refractivity contribution in [3.05, 3.63) is 101 Å². The molecule has 0 aliphatic rings. The van der Waals surface area contributed by atoms with Crippen LogP contribution in [0.1, 0.15) is 35.3 Å². The highest BCUT2D eigenvalue weighted by atomic mass is 32.1. The SMILES string of the molecule is CC(C)(S)C(NC(=O)/C(=C\c1ccc(-c2ccccc2)cc1)NC(=O)c1ccc(C(F)(F)F)cc1)C(=O)O. The summed E-state index contributed by atoms with van der Waals surface area (Å²) in [5.74, 6) is -3.09. The van der Waals surface area contributed by atoms with Crippen LogP contribution in [0.4, 0.5) is 13.2 Å². The van der Waals surface area contributed by atoms with E-state index in [-0.39, 0.29) is 11.3 Å². The van der Waals surface area contributed by atoms with Gasteiger partial charge in [0.25, 0.3) is 11.8 Å². The second-order valence-corrected chi connectivity index (χ2v) is 10.1. The fourth-order valence-electron chi connectivity index (χ4n) is 3.48. The minimum absolute atomic E-state index is 0.125. The first-order chi connectivity index (χ1) is 17.8. The van der Waals surface area contributed by atoms with Crippen molar-refractivity contribution < 1.29 is 32.7 Å². The fourth-order valence-corrected chi connectivity index (χ4v) is 3.66. The molecule has 0 aliphatic heterocycles. The Labute approximate surface area is 223 Å². The molecule has 0 radical (unpaired) electrons. The smallest absolute Gasteiger partial charge is 0.416 e. The summed E-state index contributed by atoms with van der Waals surface area (Å²) in [6, 6.07) is 18.6. The van der Waals surface area contributed by atoms with E-state index in [0.29, 0.717) is 5.56 Å². The van der Waals surface area contributed by atoms with E-state index in [2.05, 4.69) is 23.3 Å². The molecule has 0 heterocycles. The summed E-state index contributed by atoms with van der Waals surface area (Å²) in [5, 5.41) is 14.3. The van der Waals surface area contributed by atoms with E-state index < -0.39 is 40.3 Å². The zero-order valence-corrected chi connectivity index (χ0v) is 21.3. The van der Waals surface area contributed by atoms with E-state index in [1.54, 1.807) is 12.1 Å². The van der Waals surface area contributed by atoms with E-state index in [0.717, 1.165) is 35.4 Å². The lowest BCUT2D eigenvalue weighted by Crippen LogP contribution is -2.53. The van der Waals surface area contributed by atoms with Gasteiger partial charge in [0.05, 0.1) is 5.56 Å². The number of alkyl halides is 3. The monoisotopic (exact) mass is 542 g/mol. The van der Waals surface area contributed by atoms with Crippen LogP contribution in [0.5, 0.6) is 0 Å². The second kappa shape index (κ2) is 11.6. The number of hydrogen-bond donors (Lipinski definition) is 4. The maximum absolute atomic E-state index is 13.1. The Morgan fingerprint density at radius 1 is 0.868 bits per heavy atom. The molecule has 2 amide bonds. The van der Waals surface area contributed by atoms with Gasteiger partial charge in [0.15, 0.2) is 0 Å². The maximum Gasteiger partial charge on any atom is 0.416 e. The zero-order valence-electron chi connectivity index (χ0n) is 20.4. The van der Waals surface area contributed by atoms with Crippen LogP contribution >= 0.6 is 12.6 Å². The van der Waals surface area contributed by atoms with E-state index in [1.807, 2.05) is 42.5 Å². The molecule has 1 atom stereocenters. The Morgan fingerprint density at radius 2 is 1.42 bits per heavy atom. The van der Waals surface area contributed by atoms with Gasteiger partial charge in [0.1, 0.15) is 11.7 Å². The number of carboxylic acids is 1. The summed E-state index contributed by atoms with van der Waals surface area (Å²) in [4.78, 5) is 37.7. The third kappa shape index (κ3) is 7.48. The molecule has 0 bridgehead atoms. The highest BCUT2D eigenvalue weighted by Gasteiger charge is 2.34. The van der Waals surface area contributed by atoms with Crippen LogP contribution in [0.2, 0.25) is 0 Å². The molecule has 0 aromatic heterocycles. The summed E-state index contributed by atoms with van der Waals surface area (Å²) < 4.78 is 37.5. The molecule has 0 saturated carbocycles. The quantitative estimate of drug-likeness (QED) is 0.226. The van der Waals surface area contributed by atoms with Crippen molar-refractivity contribution in [2.45, 2.75) is 30.8 Å². The highest BCUT2D eigenvalue weighted by molar-refractivity contribution is 7.81. The number of carbonyl (C=O) groups excluding carboxylic acids is 2. The van der Waals surface area contributed by atoms with Crippen molar-refractivity contribution in [1.29, 1.82) is 0 Å². The Kier molecular flexibility index (Phi) is 8.67. The molecule has 198 valence electrons. The first-order valence-electron chi connectivity index (χ1n) is 11.4. The lowest BCUT2D eigenvalue weighted by Gasteiger charge is -2.27. The van der Waals surface area contributed by atoms with Crippen LogP contribution in [-0.2, 0) is 15.8 Å². The summed E-state index contributed by atoms with van der Waals surface area (Å²) >= 11 is 4.24. The first-order valence-corrected chi connectivity index (χ1v) is 11.8. The Morgan fingerprint density at radius 3 is 1.92 bits per heavy atom. The van der Waals surface area contributed by atoms with Gasteiger partial charge in [0, 0.05) is 10.3 Å². The largest absolute Gasteiger partial charge is 0.480 e. The lowest BCUT2D eigenvalue weighted by molar-refractivity contribution is -0.142. The maximum atomic E-state index is 13.1. The molecule has 6 nitrogen and oxygen atoms in total. The van der Waals surface area contributed by atoms with Gasteiger partial charge in [-0.05, 0) is 60.9 Å².